The average Bonchev–Trinajstić information content (AvgIpc) is 3.45. The summed E-state index contributed by atoms with van der Waals surface area (Å²) in [6.45, 7) is 1.65. The first-order chi connectivity index (χ1) is 16.1. The van der Waals surface area contributed by atoms with Crippen LogP contribution in [0.4, 0.5) is 0 Å². The minimum absolute atomic E-state index is 0.297. The number of hydrogen-bond donors (Lipinski definition) is 5. The van der Waals surface area contributed by atoms with E-state index in [1.807, 2.05) is 60.9 Å². The minimum atomic E-state index is -0.822. The lowest BCUT2D eigenvalue weighted by atomic mass is 10.0. The third kappa shape index (κ3) is 5.40. The Balaban J connectivity index is 1.53. The molecule has 2 aromatic carbocycles. The Morgan fingerprint density at radius 3 is 2.06 bits per heavy atom. The van der Waals surface area contributed by atoms with Gasteiger partial charge in [0.2, 0.25) is 5.91 Å². The van der Waals surface area contributed by atoms with E-state index in [2.05, 4.69) is 32.2 Å². The quantitative estimate of drug-likeness (QED) is 0.104. The molecule has 0 saturated carbocycles. The summed E-state index contributed by atoms with van der Waals surface area (Å²) in [6, 6.07) is 14.4. The fraction of sp³-hybridized carbons (Fsp3) is 0.217. The molecule has 0 aliphatic heterocycles. The van der Waals surface area contributed by atoms with E-state index in [0.29, 0.717) is 12.8 Å². The molecule has 10 heteroatoms. The van der Waals surface area contributed by atoms with E-state index in [9.17, 15) is 9.59 Å². The van der Waals surface area contributed by atoms with Crippen LogP contribution in [0.15, 0.2) is 60.9 Å². The summed E-state index contributed by atoms with van der Waals surface area (Å²) >= 11 is 4.13. The van der Waals surface area contributed by atoms with Crippen molar-refractivity contribution in [1.82, 2.24) is 20.5 Å². The molecule has 4 rings (SSSR count). The molecule has 7 nitrogen and oxygen atoms in total. The molecule has 2 atom stereocenters. The highest BCUT2D eigenvalue weighted by Crippen LogP contribution is 2.21. The van der Waals surface area contributed by atoms with Crippen molar-refractivity contribution in [2.45, 2.75) is 24.9 Å². The molecule has 0 aliphatic rings. The maximum atomic E-state index is 13.3. The zero-order chi connectivity index (χ0) is 23.2. The van der Waals surface area contributed by atoms with Crippen LogP contribution in [0.3, 0.4) is 0 Å². The van der Waals surface area contributed by atoms with Crippen molar-refractivity contribution in [1.29, 1.82) is 0 Å². The van der Waals surface area contributed by atoms with Gasteiger partial charge in [0, 0.05) is 40.6 Å². The Bertz CT molecular complexity index is 1260. The first-order valence-electron chi connectivity index (χ1n) is 10.5. The van der Waals surface area contributed by atoms with Crippen LogP contribution >= 0.6 is 22.3 Å². The normalized spacial score (nSPS) is 13.0. The number of rotatable bonds is 10. The first-order valence-corrected chi connectivity index (χ1v) is 12.4. The van der Waals surface area contributed by atoms with Crippen LogP contribution in [0.1, 0.15) is 11.1 Å². The maximum Gasteiger partial charge on any atom is 0.328 e. The number of aromatic nitrogens is 2. The number of para-hydroxylation sites is 2. The molecule has 2 heterocycles. The number of amides is 1. The first kappa shape index (κ1) is 23.3. The number of benzene rings is 2. The monoisotopic (exact) mass is 479 g/mol. The van der Waals surface area contributed by atoms with E-state index in [0.717, 1.165) is 32.9 Å². The van der Waals surface area contributed by atoms with Gasteiger partial charge >= 0.3 is 12.7 Å². The van der Waals surface area contributed by atoms with Crippen molar-refractivity contribution in [2.75, 3.05) is 7.11 Å². The fourth-order valence-electron chi connectivity index (χ4n) is 3.99. The summed E-state index contributed by atoms with van der Waals surface area (Å²) in [7, 11) is 2.50. The van der Waals surface area contributed by atoms with Gasteiger partial charge in [-0.05, 0) is 29.7 Å². The molecule has 2 unspecified atom stereocenters. The van der Waals surface area contributed by atoms with Gasteiger partial charge in [-0.25, -0.2) is 4.79 Å². The Hall–Kier alpha value is -2.82. The number of carbonyl (C=O) groups excluding carboxylic acids is 2. The van der Waals surface area contributed by atoms with Crippen molar-refractivity contribution < 1.29 is 14.3 Å². The van der Waals surface area contributed by atoms with E-state index in [4.69, 9.17) is 4.74 Å². The van der Waals surface area contributed by atoms with Crippen LogP contribution in [0.25, 0.3) is 21.8 Å². The summed E-state index contributed by atoms with van der Waals surface area (Å²) in [5.74, 6) is -0.791. The summed E-state index contributed by atoms with van der Waals surface area (Å²) in [6.07, 6.45) is 4.51. The highest BCUT2D eigenvalue weighted by molar-refractivity contribution is 8.78. The lowest BCUT2D eigenvalue weighted by Gasteiger charge is -2.22. The lowest BCUT2D eigenvalue weighted by molar-refractivity contribution is -0.145. The average molecular weight is 479 g/mol. The molecule has 0 bridgehead atoms. The van der Waals surface area contributed by atoms with Gasteiger partial charge < -0.3 is 25.2 Å². The second-order valence-electron chi connectivity index (χ2n) is 7.65. The van der Waals surface area contributed by atoms with Crippen LogP contribution < -0.4 is 10.5 Å². The van der Waals surface area contributed by atoms with Gasteiger partial charge in [-0.2, -0.15) is 0 Å². The molecule has 0 aliphatic carbocycles. The van der Waals surface area contributed by atoms with E-state index in [-0.39, 0.29) is 5.91 Å². The van der Waals surface area contributed by atoms with Gasteiger partial charge in [-0.3, -0.25) is 4.79 Å². The minimum Gasteiger partial charge on any atom is -0.467 e. The van der Waals surface area contributed by atoms with Crippen LogP contribution in [0.2, 0.25) is 0 Å². The number of methoxy groups -OCH3 is 1. The van der Waals surface area contributed by atoms with Gasteiger partial charge in [0.15, 0.2) is 0 Å². The smallest absolute Gasteiger partial charge is 0.328 e. The molecule has 0 spiro atoms. The van der Waals surface area contributed by atoms with Gasteiger partial charge in [0.1, 0.15) is 6.04 Å². The van der Waals surface area contributed by atoms with E-state index in [1.54, 1.807) is 6.69 Å². The number of hydrogen-bond acceptors (Lipinski definition) is 6. The Morgan fingerprint density at radius 2 is 1.52 bits per heavy atom. The predicted octanol–water partition coefficient (Wildman–Crippen LogP) is 3.16. The SMILES string of the molecule is COC(=O)C(Cc1c[nH]c2ccccc12)NC(=O)C(Cc1c[nH]c2ccccc12)N[B]SS. The van der Waals surface area contributed by atoms with Crippen molar-refractivity contribution in [3.05, 3.63) is 72.1 Å². The number of nitrogens with one attached hydrogen (secondary N) is 4. The molecule has 4 N–H and O–H groups in total. The zero-order valence-electron chi connectivity index (χ0n) is 18.0. The van der Waals surface area contributed by atoms with Gasteiger partial charge in [-0.15, -0.1) is 22.3 Å². The van der Waals surface area contributed by atoms with Crippen LogP contribution in [-0.4, -0.2) is 47.7 Å². The number of aromatic amines is 2. The Labute approximate surface area is 201 Å². The number of ether oxygens (including phenoxy) is 1. The highest BCUT2D eigenvalue weighted by atomic mass is 33.1. The molecule has 1 amide bonds. The standard InChI is InChI=1S/C23H24BN4O3S2/c1-31-23(30)21(11-15-13-26-19-9-5-3-7-17(15)19)27-22(29)20(28-24-33-32)10-14-12-25-18-8-4-2-6-16(14)18/h2-9,12-13,20-21,25-26,28,32H,10-11H2,1H3,(H,27,29). The Kier molecular flexibility index (Phi) is 7.69. The van der Waals surface area contributed by atoms with Crippen LogP contribution in [0.5, 0.6) is 0 Å². The fourth-order valence-corrected chi connectivity index (χ4v) is 4.40. The summed E-state index contributed by atoms with van der Waals surface area (Å²) in [5, 5.41) is 8.05. The number of esters is 1. The zero-order valence-corrected chi connectivity index (χ0v) is 19.7. The summed E-state index contributed by atoms with van der Waals surface area (Å²) < 4.78 is 4.99. The van der Waals surface area contributed by atoms with E-state index in [1.165, 1.54) is 17.8 Å². The summed E-state index contributed by atoms with van der Waals surface area (Å²) in [5.41, 5.74) is 3.91. The van der Waals surface area contributed by atoms with Crippen molar-refractivity contribution in [3.63, 3.8) is 0 Å². The molecule has 33 heavy (non-hydrogen) atoms. The second-order valence-corrected chi connectivity index (χ2v) is 8.73. The molecule has 2 aromatic heterocycles. The topological polar surface area (TPSA) is 99.0 Å². The molecule has 169 valence electrons. The largest absolute Gasteiger partial charge is 0.467 e. The van der Waals surface area contributed by atoms with Crippen molar-refractivity contribution >= 4 is 62.7 Å². The Morgan fingerprint density at radius 1 is 0.970 bits per heavy atom. The maximum absolute atomic E-state index is 13.3. The molecule has 1 radical (unpaired) electrons. The van der Waals surface area contributed by atoms with E-state index >= 15 is 0 Å². The van der Waals surface area contributed by atoms with Gasteiger partial charge in [0.05, 0.1) is 13.2 Å². The van der Waals surface area contributed by atoms with Gasteiger partial charge in [0.25, 0.3) is 0 Å². The third-order valence-corrected chi connectivity index (χ3v) is 6.20. The van der Waals surface area contributed by atoms with E-state index < -0.39 is 18.1 Å². The predicted molar refractivity (Wildman–Crippen MR) is 137 cm³/mol. The molecule has 0 saturated heterocycles. The third-order valence-electron chi connectivity index (χ3n) is 5.64. The lowest BCUT2D eigenvalue weighted by Crippen LogP contribution is -2.52. The molecular formula is C23H24BN4O3S2. The number of carbonyl (C=O) groups is 2. The van der Waals surface area contributed by atoms with Crippen LogP contribution in [-0.2, 0) is 27.2 Å². The second kappa shape index (κ2) is 10.9. The number of thiol groups is 1. The molecule has 4 aromatic rings. The number of fused-ring (bicyclic) bond motifs is 2. The van der Waals surface area contributed by atoms with Gasteiger partial charge in [-0.1, -0.05) is 36.4 Å². The molecular weight excluding hydrogens is 455 g/mol. The van der Waals surface area contributed by atoms with Crippen molar-refractivity contribution in [2.24, 2.45) is 0 Å². The molecule has 0 fully saturated rings. The number of H-pyrrole nitrogens is 2. The van der Waals surface area contributed by atoms with Crippen LogP contribution in [0, 0.1) is 0 Å². The summed E-state index contributed by atoms with van der Waals surface area (Å²) in [4.78, 5) is 32.3. The highest BCUT2D eigenvalue weighted by Gasteiger charge is 2.28. The van der Waals surface area contributed by atoms with Crippen molar-refractivity contribution in [3.8, 4) is 0 Å².